The van der Waals surface area contributed by atoms with Gasteiger partial charge in [0.2, 0.25) is 0 Å². The topological polar surface area (TPSA) is 41.6 Å². The Morgan fingerprint density at radius 2 is 1.67 bits per heavy atom. The average Bonchev–Trinajstić information content (AvgIpc) is 2.97. The number of aromatic nitrogens is 2. The second kappa shape index (κ2) is 5.17. The maximum atomic E-state index is 13.9. The van der Waals surface area contributed by atoms with Gasteiger partial charge in [0.15, 0.2) is 11.6 Å². The maximum absolute atomic E-state index is 13.9. The SMILES string of the molecule is N#Cc1cc(F)c(-n2cc(-c3ccccc3)cn2)c(F)c1. The van der Waals surface area contributed by atoms with E-state index in [1.165, 1.54) is 6.20 Å². The molecular weight excluding hydrogens is 272 g/mol. The molecule has 0 aliphatic heterocycles. The fourth-order valence-corrected chi connectivity index (χ4v) is 2.07. The lowest BCUT2D eigenvalue weighted by molar-refractivity contribution is 0.559. The number of rotatable bonds is 2. The van der Waals surface area contributed by atoms with E-state index in [1.807, 2.05) is 30.3 Å². The van der Waals surface area contributed by atoms with Gasteiger partial charge in [-0.1, -0.05) is 30.3 Å². The number of halogens is 2. The molecule has 102 valence electrons. The predicted molar refractivity (Wildman–Crippen MR) is 73.6 cm³/mol. The molecule has 0 saturated carbocycles. The molecule has 21 heavy (non-hydrogen) atoms. The van der Waals surface area contributed by atoms with E-state index in [1.54, 1.807) is 12.3 Å². The van der Waals surface area contributed by atoms with Gasteiger partial charge < -0.3 is 0 Å². The molecule has 3 aromatic rings. The van der Waals surface area contributed by atoms with Crippen LogP contribution in [0.4, 0.5) is 8.78 Å². The monoisotopic (exact) mass is 281 g/mol. The Bertz CT molecular complexity index is 809. The Kier molecular flexibility index (Phi) is 3.20. The van der Waals surface area contributed by atoms with Crippen LogP contribution in [0.15, 0.2) is 54.9 Å². The Morgan fingerprint density at radius 1 is 1.00 bits per heavy atom. The van der Waals surface area contributed by atoms with E-state index < -0.39 is 11.6 Å². The van der Waals surface area contributed by atoms with Crippen molar-refractivity contribution in [2.45, 2.75) is 0 Å². The van der Waals surface area contributed by atoms with Crippen molar-refractivity contribution in [3.05, 3.63) is 72.1 Å². The molecule has 0 aliphatic rings. The predicted octanol–water partition coefficient (Wildman–Crippen LogP) is 3.69. The van der Waals surface area contributed by atoms with Gasteiger partial charge >= 0.3 is 0 Å². The van der Waals surface area contributed by atoms with E-state index in [0.717, 1.165) is 27.9 Å². The maximum Gasteiger partial charge on any atom is 0.153 e. The molecule has 0 atom stereocenters. The van der Waals surface area contributed by atoms with Crippen molar-refractivity contribution in [1.82, 2.24) is 9.78 Å². The van der Waals surface area contributed by atoms with Gasteiger partial charge in [-0.2, -0.15) is 10.4 Å². The van der Waals surface area contributed by atoms with Gasteiger partial charge in [0, 0.05) is 11.8 Å². The normalized spacial score (nSPS) is 10.3. The Labute approximate surface area is 119 Å². The number of hydrogen-bond donors (Lipinski definition) is 0. The van der Waals surface area contributed by atoms with Crippen LogP contribution in [0.3, 0.4) is 0 Å². The van der Waals surface area contributed by atoms with Crippen molar-refractivity contribution in [3.8, 4) is 22.9 Å². The van der Waals surface area contributed by atoms with Crippen molar-refractivity contribution in [1.29, 1.82) is 5.26 Å². The molecule has 0 spiro atoms. The van der Waals surface area contributed by atoms with Gasteiger partial charge in [-0.3, -0.25) is 0 Å². The third-order valence-electron chi connectivity index (χ3n) is 3.06. The zero-order valence-corrected chi connectivity index (χ0v) is 10.8. The number of benzene rings is 2. The summed E-state index contributed by atoms with van der Waals surface area (Å²) >= 11 is 0. The van der Waals surface area contributed by atoms with Crippen molar-refractivity contribution in [3.63, 3.8) is 0 Å². The summed E-state index contributed by atoms with van der Waals surface area (Å²) in [4.78, 5) is 0. The summed E-state index contributed by atoms with van der Waals surface area (Å²) in [6.45, 7) is 0. The second-order valence-corrected chi connectivity index (χ2v) is 4.44. The molecule has 1 heterocycles. The average molecular weight is 281 g/mol. The number of hydrogen-bond acceptors (Lipinski definition) is 2. The fraction of sp³-hybridized carbons (Fsp3) is 0. The second-order valence-electron chi connectivity index (χ2n) is 4.44. The quantitative estimate of drug-likeness (QED) is 0.719. The molecule has 2 aromatic carbocycles. The van der Waals surface area contributed by atoms with Crippen LogP contribution in [0.1, 0.15) is 5.56 Å². The summed E-state index contributed by atoms with van der Waals surface area (Å²) in [6, 6.07) is 13.1. The standard InChI is InChI=1S/C16H9F2N3/c17-14-6-11(8-19)7-15(18)16(14)21-10-13(9-20-21)12-4-2-1-3-5-12/h1-7,9-10H. The third-order valence-corrected chi connectivity index (χ3v) is 3.06. The van der Waals surface area contributed by atoms with Gasteiger partial charge in [-0.05, 0) is 17.7 Å². The van der Waals surface area contributed by atoms with Crippen LogP contribution in [-0.2, 0) is 0 Å². The van der Waals surface area contributed by atoms with Crippen LogP contribution in [0.25, 0.3) is 16.8 Å². The van der Waals surface area contributed by atoms with Crippen molar-refractivity contribution >= 4 is 0 Å². The molecule has 0 saturated heterocycles. The molecule has 3 rings (SSSR count). The third kappa shape index (κ3) is 2.39. The van der Waals surface area contributed by atoms with E-state index in [0.29, 0.717) is 0 Å². The first-order valence-corrected chi connectivity index (χ1v) is 6.18. The highest BCUT2D eigenvalue weighted by Crippen LogP contribution is 2.23. The summed E-state index contributed by atoms with van der Waals surface area (Å²) in [5, 5.41) is 12.7. The molecule has 0 radical (unpaired) electrons. The summed E-state index contributed by atoms with van der Waals surface area (Å²) in [5.41, 5.74) is 1.29. The van der Waals surface area contributed by atoms with Crippen LogP contribution in [0.2, 0.25) is 0 Å². The molecule has 3 nitrogen and oxygen atoms in total. The summed E-state index contributed by atoms with van der Waals surface area (Å²) in [7, 11) is 0. The molecule has 0 fully saturated rings. The molecule has 1 aromatic heterocycles. The van der Waals surface area contributed by atoms with Gasteiger partial charge in [0.1, 0.15) is 5.69 Å². The van der Waals surface area contributed by atoms with Crippen molar-refractivity contribution < 1.29 is 8.78 Å². The molecule has 0 unspecified atom stereocenters. The first-order valence-electron chi connectivity index (χ1n) is 6.18. The van der Waals surface area contributed by atoms with E-state index in [2.05, 4.69) is 5.10 Å². The Hall–Kier alpha value is -3.00. The van der Waals surface area contributed by atoms with Crippen molar-refractivity contribution in [2.75, 3.05) is 0 Å². The molecular formula is C16H9F2N3. The zero-order valence-electron chi connectivity index (χ0n) is 10.8. The van der Waals surface area contributed by atoms with Gasteiger partial charge in [0.25, 0.3) is 0 Å². The minimum absolute atomic E-state index is 0.0656. The van der Waals surface area contributed by atoms with Crippen molar-refractivity contribution in [2.24, 2.45) is 0 Å². The van der Waals surface area contributed by atoms with Crippen LogP contribution in [0.5, 0.6) is 0 Å². The van der Waals surface area contributed by atoms with Crippen LogP contribution in [0, 0.1) is 23.0 Å². The molecule has 0 bridgehead atoms. The Morgan fingerprint density at radius 3 is 2.29 bits per heavy atom. The van der Waals surface area contributed by atoms with E-state index in [4.69, 9.17) is 5.26 Å². The number of nitrogens with zero attached hydrogens (tertiary/aromatic N) is 3. The van der Waals surface area contributed by atoms with Gasteiger partial charge in [0.05, 0.1) is 17.8 Å². The summed E-state index contributed by atoms with van der Waals surface area (Å²) in [6.07, 6.45) is 3.08. The van der Waals surface area contributed by atoms with Gasteiger partial charge in [-0.15, -0.1) is 0 Å². The highest BCUT2D eigenvalue weighted by molar-refractivity contribution is 5.62. The summed E-state index contributed by atoms with van der Waals surface area (Å²) < 4.78 is 29.0. The highest BCUT2D eigenvalue weighted by Gasteiger charge is 2.14. The first-order chi connectivity index (χ1) is 10.2. The van der Waals surface area contributed by atoms with Crippen LogP contribution in [-0.4, -0.2) is 9.78 Å². The Balaban J connectivity index is 2.07. The minimum Gasteiger partial charge on any atom is -0.234 e. The minimum atomic E-state index is -0.825. The lowest BCUT2D eigenvalue weighted by Crippen LogP contribution is -2.02. The smallest absolute Gasteiger partial charge is 0.153 e. The van der Waals surface area contributed by atoms with Crippen LogP contribution < -0.4 is 0 Å². The first kappa shape index (κ1) is 13.0. The lowest BCUT2D eigenvalue weighted by atomic mass is 10.1. The molecule has 0 N–H and O–H groups in total. The summed E-state index contributed by atoms with van der Waals surface area (Å²) in [5.74, 6) is -1.65. The fourth-order valence-electron chi connectivity index (χ4n) is 2.07. The number of nitriles is 1. The van der Waals surface area contributed by atoms with Gasteiger partial charge in [-0.25, -0.2) is 13.5 Å². The van der Waals surface area contributed by atoms with E-state index >= 15 is 0 Å². The molecule has 0 aliphatic carbocycles. The zero-order chi connectivity index (χ0) is 14.8. The molecule has 0 amide bonds. The van der Waals surface area contributed by atoms with Crippen LogP contribution >= 0.6 is 0 Å². The lowest BCUT2D eigenvalue weighted by Gasteiger charge is -2.05. The van der Waals surface area contributed by atoms with E-state index in [9.17, 15) is 8.78 Å². The largest absolute Gasteiger partial charge is 0.234 e. The van der Waals surface area contributed by atoms with E-state index in [-0.39, 0.29) is 11.3 Å². The highest BCUT2D eigenvalue weighted by atomic mass is 19.1. The molecule has 5 heteroatoms.